The highest BCUT2D eigenvalue weighted by molar-refractivity contribution is 7.89. The summed E-state index contributed by atoms with van der Waals surface area (Å²) in [6, 6.07) is 5.27. The van der Waals surface area contributed by atoms with Crippen molar-refractivity contribution in [3.8, 4) is 5.88 Å². The highest BCUT2D eigenvalue weighted by Crippen LogP contribution is 2.30. The van der Waals surface area contributed by atoms with Crippen LogP contribution in [-0.4, -0.2) is 44.6 Å². The second kappa shape index (κ2) is 8.54. The van der Waals surface area contributed by atoms with Gasteiger partial charge in [0.1, 0.15) is 18.2 Å². The molecule has 29 heavy (non-hydrogen) atoms. The number of ether oxygens (including phenoxy) is 1. The van der Waals surface area contributed by atoms with Gasteiger partial charge in [0.2, 0.25) is 15.9 Å². The number of aromatic nitrogens is 2. The number of hydrogen-bond donors (Lipinski definition) is 1. The molecule has 0 aliphatic carbocycles. The van der Waals surface area contributed by atoms with Crippen LogP contribution in [0.2, 0.25) is 0 Å². The van der Waals surface area contributed by atoms with E-state index in [0.717, 1.165) is 49.9 Å². The van der Waals surface area contributed by atoms with E-state index in [9.17, 15) is 21.6 Å². The zero-order valence-electron chi connectivity index (χ0n) is 15.7. The van der Waals surface area contributed by atoms with Crippen LogP contribution < -0.4 is 14.4 Å². The Kier molecular flexibility index (Phi) is 6.27. The quantitative estimate of drug-likeness (QED) is 0.680. The molecule has 0 amide bonds. The number of sulfonamides is 1. The van der Waals surface area contributed by atoms with Crippen LogP contribution in [0.15, 0.2) is 35.2 Å². The summed E-state index contributed by atoms with van der Waals surface area (Å²) in [5.41, 5.74) is -1.03. The molecule has 1 aliphatic rings. The summed E-state index contributed by atoms with van der Waals surface area (Å²) in [4.78, 5) is 10.2. The van der Waals surface area contributed by atoms with Crippen LogP contribution in [0, 0.1) is 6.92 Å². The van der Waals surface area contributed by atoms with Crippen molar-refractivity contribution >= 4 is 15.8 Å². The Morgan fingerprint density at radius 2 is 1.90 bits per heavy atom. The van der Waals surface area contributed by atoms with Crippen molar-refractivity contribution in [2.45, 2.75) is 30.8 Å². The van der Waals surface area contributed by atoms with Gasteiger partial charge < -0.3 is 9.64 Å². The normalized spacial score (nSPS) is 15.0. The summed E-state index contributed by atoms with van der Waals surface area (Å²) >= 11 is 0. The number of nitrogens with one attached hydrogen (secondary N) is 1. The molecule has 0 spiro atoms. The van der Waals surface area contributed by atoms with Gasteiger partial charge >= 0.3 is 6.18 Å². The minimum Gasteiger partial charge on any atom is -0.476 e. The summed E-state index contributed by atoms with van der Waals surface area (Å²) in [6.07, 6.45) is -2.43. The Labute approximate surface area is 167 Å². The van der Waals surface area contributed by atoms with E-state index < -0.39 is 26.7 Å². The number of hydrogen-bond acceptors (Lipinski definition) is 6. The maximum absolute atomic E-state index is 12.8. The summed E-state index contributed by atoms with van der Waals surface area (Å²) in [6.45, 7) is 3.40. The van der Waals surface area contributed by atoms with Gasteiger partial charge in [0.05, 0.1) is 10.5 Å². The number of anilines is 1. The molecule has 1 aromatic carbocycles. The van der Waals surface area contributed by atoms with Crippen molar-refractivity contribution in [3.05, 3.63) is 41.7 Å². The summed E-state index contributed by atoms with van der Waals surface area (Å²) < 4.78 is 70.6. The van der Waals surface area contributed by atoms with E-state index in [2.05, 4.69) is 19.6 Å². The van der Waals surface area contributed by atoms with E-state index >= 15 is 0 Å². The lowest BCUT2D eigenvalue weighted by Crippen LogP contribution is -2.28. The number of rotatable bonds is 7. The molecule has 1 saturated heterocycles. The molecule has 1 N–H and O–H groups in total. The number of aryl methyl sites for hydroxylation is 1. The molecule has 0 bridgehead atoms. The Hall–Kier alpha value is -2.40. The summed E-state index contributed by atoms with van der Waals surface area (Å²) in [7, 11) is -4.10. The van der Waals surface area contributed by atoms with Crippen molar-refractivity contribution < 1.29 is 26.3 Å². The molecule has 1 aliphatic heterocycles. The Balaban J connectivity index is 1.59. The number of halogens is 3. The Bertz CT molecular complexity index is 961. The fourth-order valence-electron chi connectivity index (χ4n) is 2.96. The van der Waals surface area contributed by atoms with Crippen molar-refractivity contribution in [1.29, 1.82) is 0 Å². The molecule has 0 atom stereocenters. The van der Waals surface area contributed by atoms with E-state index in [1.807, 2.05) is 0 Å². The fraction of sp³-hybridized carbons (Fsp3) is 0.444. The van der Waals surface area contributed by atoms with Gasteiger partial charge in [-0.1, -0.05) is 6.07 Å². The first-order valence-corrected chi connectivity index (χ1v) is 10.5. The topological polar surface area (TPSA) is 84.4 Å². The predicted octanol–water partition coefficient (Wildman–Crippen LogP) is 2.76. The SMILES string of the molecule is Cc1nc(OCCNS(=O)(=O)c2cccc(C(F)(F)F)c2)cc(N2CCCC2)n1. The largest absolute Gasteiger partial charge is 0.476 e. The van der Waals surface area contributed by atoms with Crippen LogP contribution in [0.5, 0.6) is 5.88 Å². The first-order chi connectivity index (χ1) is 13.6. The van der Waals surface area contributed by atoms with E-state index in [0.29, 0.717) is 17.8 Å². The molecule has 0 radical (unpaired) electrons. The molecule has 158 valence electrons. The van der Waals surface area contributed by atoms with Crippen LogP contribution in [0.25, 0.3) is 0 Å². The molecule has 0 unspecified atom stereocenters. The van der Waals surface area contributed by atoms with Gasteiger partial charge in [-0.15, -0.1) is 0 Å². The minimum absolute atomic E-state index is 0.0336. The average Bonchev–Trinajstić information content (AvgIpc) is 3.19. The van der Waals surface area contributed by atoms with E-state index in [1.165, 1.54) is 0 Å². The third-order valence-corrected chi connectivity index (χ3v) is 5.81. The zero-order valence-corrected chi connectivity index (χ0v) is 16.6. The summed E-state index contributed by atoms with van der Waals surface area (Å²) in [5.74, 6) is 1.61. The van der Waals surface area contributed by atoms with Crippen LogP contribution in [-0.2, 0) is 16.2 Å². The van der Waals surface area contributed by atoms with Gasteiger partial charge in [-0.2, -0.15) is 18.2 Å². The number of benzene rings is 1. The van der Waals surface area contributed by atoms with Crippen LogP contribution in [0.3, 0.4) is 0 Å². The lowest BCUT2D eigenvalue weighted by atomic mass is 10.2. The molecule has 7 nitrogen and oxygen atoms in total. The number of nitrogens with zero attached hydrogens (tertiary/aromatic N) is 3. The van der Waals surface area contributed by atoms with Gasteiger partial charge in [-0.25, -0.2) is 18.1 Å². The Morgan fingerprint density at radius 3 is 2.59 bits per heavy atom. The van der Waals surface area contributed by atoms with E-state index in [-0.39, 0.29) is 13.2 Å². The van der Waals surface area contributed by atoms with Crippen LogP contribution in [0.4, 0.5) is 19.0 Å². The highest BCUT2D eigenvalue weighted by atomic mass is 32.2. The van der Waals surface area contributed by atoms with Crippen molar-refractivity contribution in [2.24, 2.45) is 0 Å². The van der Waals surface area contributed by atoms with Crippen molar-refractivity contribution in [2.75, 3.05) is 31.1 Å². The third-order valence-electron chi connectivity index (χ3n) is 4.35. The number of alkyl halides is 3. The second-order valence-corrected chi connectivity index (χ2v) is 8.34. The molecule has 1 aromatic heterocycles. The predicted molar refractivity (Wildman–Crippen MR) is 100 cm³/mol. The molecule has 1 fully saturated rings. The molecule has 11 heteroatoms. The molecule has 2 aromatic rings. The van der Waals surface area contributed by atoms with Gasteiger partial charge in [0.15, 0.2) is 0 Å². The van der Waals surface area contributed by atoms with Crippen molar-refractivity contribution in [1.82, 2.24) is 14.7 Å². The first-order valence-electron chi connectivity index (χ1n) is 9.05. The maximum atomic E-state index is 12.8. The third kappa shape index (κ3) is 5.57. The lowest BCUT2D eigenvalue weighted by molar-refractivity contribution is -0.137. The van der Waals surface area contributed by atoms with Gasteiger partial charge in [0, 0.05) is 25.7 Å². The van der Waals surface area contributed by atoms with Gasteiger partial charge in [-0.05, 0) is 38.0 Å². The second-order valence-electron chi connectivity index (χ2n) is 6.58. The molecule has 0 saturated carbocycles. The molecule has 3 rings (SSSR count). The van der Waals surface area contributed by atoms with Gasteiger partial charge in [0.25, 0.3) is 0 Å². The van der Waals surface area contributed by atoms with Crippen LogP contribution >= 0.6 is 0 Å². The monoisotopic (exact) mass is 430 g/mol. The van der Waals surface area contributed by atoms with Crippen LogP contribution in [0.1, 0.15) is 24.2 Å². The average molecular weight is 430 g/mol. The Morgan fingerprint density at radius 1 is 1.17 bits per heavy atom. The maximum Gasteiger partial charge on any atom is 0.416 e. The first kappa shape index (κ1) is 21.3. The van der Waals surface area contributed by atoms with Gasteiger partial charge in [-0.3, -0.25) is 0 Å². The lowest BCUT2D eigenvalue weighted by Gasteiger charge is -2.17. The molecular weight excluding hydrogens is 409 g/mol. The fourth-order valence-corrected chi connectivity index (χ4v) is 4.02. The van der Waals surface area contributed by atoms with E-state index in [4.69, 9.17) is 4.74 Å². The highest BCUT2D eigenvalue weighted by Gasteiger charge is 2.31. The molecule has 2 heterocycles. The zero-order chi connectivity index (χ0) is 21.1. The minimum atomic E-state index is -4.62. The summed E-state index contributed by atoms with van der Waals surface area (Å²) in [5, 5.41) is 0. The van der Waals surface area contributed by atoms with Crippen molar-refractivity contribution in [3.63, 3.8) is 0 Å². The standard InChI is InChI=1S/C18H21F3N4O3S/c1-13-23-16(25-8-2-3-9-25)12-17(24-13)28-10-7-22-29(26,27)15-6-4-5-14(11-15)18(19,20)21/h4-6,11-12,22H,2-3,7-10H2,1H3. The smallest absolute Gasteiger partial charge is 0.416 e. The molecular formula is C18H21F3N4O3S. The van der Waals surface area contributed by atoms with E-state index in [1.54, 1.807) is 13.0 Å².